The summed E-state index contributed by atoms with van der Waals surface area (Å²) in [6.45, 7) is 15.7. The number of guanidine groups is 1. The molecule has 0 radical (unpaired) electrons. The molecule has 0 spiro atoms. The molecule has 0 bridgehead atoms. The zero-order valence-corrected chi connectivity index (χ0v) is 18.2. The summed E-state index contributed by atoms with van der Waals surface area (Å²) in [7, 11) is 0. The van der Waals surface area contributed by atoms with Crippen LogP contribution in [-0.4, -0.2) is 74.2 Å². The molecule has 5 nitrogen and oxygen atoms in total. The summed E-state index contributed by atoms with van der Waals surface area (Å²) in [5, 5.41) is 6.98. The molecule has 2 unspecified atom stereocenters. The molecule has 0 aromatic carbocycles. The van der Waals surface area contributed by atoms with Gasteiger partial charge in [-0.25, -0.2) is 0 Å². The standard InChI is InChI=1S/C18H37N5.HI/c1-4-10-22-12-9-16(15-22)13-20-18(19-5-2)21-14-17-8-7-11-23(17)6-3;/h16-17H,4-15H2,1-3H3,(H2,19,20,21);1H. The van der Waals surface area contributed by atoms with Crippen molar-refractivity contribution in [3.63, 3.8) is 0 Å². The molecule has 2 aliphatic heterocycles. The Morgan fingerprint density at radius 1 is 1.12 bits per heavy atom. The van der Waals surface area contributed by atoms with E-state index in [-0.39, 0.29) is 24.0 Å². The fourth-order valence-corrected chi connectivity index (χ4v) is 3.90. The summed E-state index contributed by atoms with van der Waals surface area (Å²) in [4.78, 5) is 10.0. The number of nitrogens with zero attached hydrogens (tertiary/aromatic N) is 3. The Morgan fingerprint density at radius 2 is 1.96 bits per heavy atom. The van der Waals surface area contributed by atoms with E-state index in [1.165, 1.54) is 51.9 Å². The largest absolute Gasteiger partial charge is 0.357 e. The SMILES string of the molecule is CCCN1CCC(CN=C(NCC)NCC2CCCN2CC)C1.I. The van der Waals surface area contributed by atoms with Gasteiger partial charge >= 0.3 is 0 Å². The zero-order valence-electron chi connectivity index (χ0n) is 15.9. The van der Waals surface area contributed by atoms with Crippen molar-refractivity contribution in [1.82, 2.24) is 20.4 Å². The number of rotatable bonds is 8. The van der Waals surface area contributed by atoms with Gasteiger partial charge in [0.05, 0.1) is 0 Å². The fourth-order valence-electron chi connectivity index (χ4n) is 3.90. The maximum Gasteiger partial charge on any atom is 0.191 e. The first kappa shape index (κ1) is 22.0. The molecule has 2 saturated heterocycles. The van der Waals surface area contributed by atoms with Gasteiger partial charge in [0.25, 0.3) is 0 Å². The third kappa shape index (κ3) is 7.04. The molecule has 0 saturated carbocycles. The van der Waals surface area contributed by atoms with Crippen molar-refractivity contribution in [3.8, 4) is 0 Å². The van der Waals surface area contributed by atoms with E-state index in [2.05, 4.69) is 41.2 Å². The second kappa shape index (κ2) is 12.3. The zero-order chi connectivity index (χ0) is 16.5. The highest BCUT2D eigenvalue weighted by Crippen LogP contribution is 2.17. The van der Waals surface area contributed by atoms with E-state index in [1.807, 2.05) is 0 Å². The van der Waals surface area contributed by atoms with Crippen molar-refractivity contribution < 1.29 is 0 Å². The number of hydrogen-bond donors (Lipinski definition) is 2. The summed E-state index contributed by atoms with van der Waals surface area (Å²) in [5.41, 5.74) is 0. The molecule has 0 amide bonds. The lowest BCUT2D eigenvalue weighted by atomic mass is 10.1. The molecular weight excluding hydrogens is 413 g/mol. The molecule has 24 heavy (non-hydrogen) atoms. The molecule has 142 valence electrons. The summed E-state index contributed by atoms with van der Waals surface area (Å²) < 4.78 is 0. The van der Waals surface area contributed by atoms with Crippen LogP contribution in [0.1, 0.15) is 46.5 Å². The van der Waals surface area contributed by atoms with Crippen LogP contribution < -0.4 is 10.6 Å². The first-order valence-electron chi connectivity index (χ1n) is 9.75. The number of likely N-dealkylation sites (tertiary alicyclic amines) is 2. The average molecular weight is 451 g/mol. The van der Waals surface area contributed by atoms with Gasteiger partial charge < -0.3 is 15.5 Å². The van der Waals surface area contributed by atoms with Crippen molar-refractivity contribution in [2.75, 3.05) is 52.4 Å². The minimum absolute atomic E-state index is 0. The van der Waals surface area contributed by atoms with Crippen LogP contribution in [0.2, 0.25) is 0 Å². The molecule has 2 fully saturated rings. The van der Waals surface area contributed by atoms with Gasteiger partial charge in [0.15, 0.2) is 5.96 Å². The minimum atomic E-state index is 0. The highest BCUT2D eigenvalue weighted by molar-refractivity contribution is 14.0. The van der Waals surface area contributed by atoms with Crippen molar-refractivity contribution in [2.45, 2.75) is 52.5 Å². The van der Waals surface area contributed by atoms with Gasteiger partial charge in [0.2, 0.25) is 0 Å². The number of nitrogens with one attached hydrogen (secondary N) is 2. The normalized spacial score (nSPS) is 25.7. The molecule has 0 aliphatic carbocycles. The van der Waals surface area contributed by atoms with Crippen LogP contribution in [0.5, 0.6) is 0 Å². The molecular formula is C18H38IN5. The fraction of sp³-hybridized carbons (Fsp3) is 0.944. The number of likely N-dealkylation sites (N-methyl/N-ethyl adjacent to an activating group) is 1. The van der Waals surface area contributed by atoms with Gasteiger partial charge in [-0.1, -0.05) is 13.8 Å². The van der Waals surface area contributed by atoms with E-state index >= 15 is 0 Å². The Labute approximate surface area is 166 Å². The van der Waals surface area contributed by atoms with Crippen LogP contribution in [-0.2, 0) is 0 Å². The second-order valence-corrected chi connectivity index (χ2v) is 6.98. The molecule has 2 aliphatic rings. The van der Waals surface area contributed by atoms with Crippen LogP contribution >= 0.6 is 24.0 Å². The van der Waals surface area contributed by atoms with Crippen molar-refractivity contribution in [2.24, 2.45) is 10.9 Å². The van der Waals surface area contributed by atoms with Crippen LogP contribution in [0.25, 0.3) is 0 Å². The predicted molar refractivity (Wildman–Crippen MR) is 115 cm³/mol. The lowest BCUT2D eigenvalue weighted by molar-refractivity contribution is 0.267. The van der Waals surface area contributed by atoms with Crippen molar-refractivity contribution in [3.05, 3.63) is 0 Å². The average Bonchev–Trinajstić information content (AvgIpc) is 3.19. The van der Waals surface area contributed by atoms with Gasteiger partial charge in [0, 0.05) is 32.2 Å². The third-order valence-electron chi connectivity index (χ3n) is 5.17. The Morgan fingerprint density at radius 3 is 2.67 bits per heavy atom. The number of hydrogen-bond acceptors (Lipinski definition) is 3. The summed E-state index contributed by atoms with van der Waals surface area (Å²) in [6, 6.07) is 0.676. The van der Waals surface area contributed by atoms with Gasteiger partial charge in [-0.2, -0.15) is 0 Å². The Bertz CT molecular complexity index is 363. The Kier molecular flexibility index (Phi) is 11.3. The summed E-state index contributed by atoms with van der Waals surface area (Å²) in [5.74, 6) is 1.74. The molecule has 2 rings (SSSR count). The quantitative estimate of drug-likeness (QED) is 0.338. The van der Waals surface area contributed by atoms with E-state index in [9.17, 15) is 0 Å². The van der Waals surface area contributed by atoms with Crippen LogP contribution in [0, 0.1) is 5.92 Å². The van der Waals surface area contributed by atoms with Gasteiger partial charge in [-0.3, -0.25) is 9.89 Å². The van der Waals surface area contributed by atoms with E-state index in [4.69, 9.17) is 4.99 Å². The first-order valence-corrected chi connectivity index (χ1v) is 9.75. The molecule has 2 N–H and O–H groups in total. The smallest absolute Gasteiger partial charge is 0.191 e. The number of halogens is 1. The Balaban J connectivity index is 0.00000288. The molecule has 0 aromatic rings. The number of aliphatic imine (C=N–C) groups is 1. The molecule has 2 atom stereocenters. The van der Waals surface area contributed by atoms with Crippen LogP contribution in [0.3, 0.4) is 0 Å². The highest BCUT2D eigenvalue weighted by atomic mass is 127. The summed E-state index contributed by atoms with van der Waals surface area (Å²) in [6.07, 6.45) is 5.21. The molecule has 0 aromatic heterocycles. The molecule has 2 heterocycles. The topological polar surface area (TPSA) is 42.9 Å². The summed E-state index contributed by atoms with van der Waals surface area (Å²) >= 11 is 0. The third-order valence-corrected chi connectivity index (χ3v) is 5.17. The van der Waals surface area contributed by atoms with Gasteiger partial charge in [-0.05, 0) is 64.7 Å². The lowest BCUT2D eigenvalue weighted by Gasteiger charge is -2.24. The lowest BCUT2D eigenvalue weighted by Crippen LogP contribution is -2.45. The van der Waals surface area contributed by atoms with E-state index in [0.717, 1.165) is 38.1 Å². The Hall–Kier alpha value is -0.0800. The van der Waals surface area contributed by atoms with Crippen LogP contribution in [0.4, 0.5) is 0 Å². The predicted octanol–water partition coefficient (Wildman–Crippen LogP) is 2.38. The second-order valence-electron chi connectivity index (χ2n) is 6.98. The van der Waals surface area contributed by atoms with E-state index in [1.54, 1.807) is 0 Å². The maximum absolute atomic E-state index is 4.85. The van der Waals surface area contributed by atoms with Crippen molar-refractivity contribution in [1.29, 1.82) is 0 Å². The van der Waals surface area contributed by atoms with Crippen LogP contribution in [0.15, 0.2) is 4.99 Å². The molecule has 6 heteroatoms. The maximum atomic E-state index is 4.85. The van der Waals surface area contributed by atoms with E-state index in [0.29, 0.717) is 6.04 Å². The highest BCUT2D eigenvalue weighted by Gasteiger charge is 2.23. The minimum Gasteiger partial charge on any atom is -0.357 e. The van der Waals surface area contributed by atoms with Gasteiger partial charge in [-0.15, -0.1) is 24.0 Å². The first-order chi connectivity index (χ1) is 11.3. The monoisotopic (exact) mass is 451 g/mol. The van der Waals surface area contributed by atoms with E-state index < -0.39 is 0 Å². The van der Waals surface area contributed by atoms with Crippen molar-refractivity contribution >= 4 is 29.9 Å². The van der Waals surface area contributed by atoms with Gasteiger partial charge in [0.1, 0.15) is 0 Å².